The lowest BCUT2D eigenvalue weighted by atomic mass is 10.1. The van der Waals surface area contributed by atoms with Crippen LogP contribution in [0.25, 0.3) is 6.08 Å². The van der Waals surface area contributed by atoms with Crippen LogP contribution in [0.15, 0.2) is 30.3 Å². The predicted molar refractivity (Wildman–Crippen MR) is 120 cm³/mol. The molecule has 0 saturated heterocycles. The third-order valence-corrected chi connectivity index (χ3v) is 5.38. The summed E-state index contributed by atoms with van der Waals surface area (Å²) in [6.45, 7) is -0.318. The topological polar surface area (TPSA) is 120 Å². The molecule has 2 aromatic rings. The summed E-state index contributed by atoms with van der Waals surface area (Å²) >= 11 is 0.891. The van der Waals surface area contributed by atoms with E-state index in [-0.39, 0.29) is 27.8 Å². The molecule has 1 aromatic carbocycles. The van der Waals surface area contributed by atoms with Crippen molar-refractivity contribution in [1.82, 2.24) is 5.32 Å². The number of benzene rings is 1. The van der Waals surface area contributed by atoms with Crippen LogP contribution >= 0.6 is 11.3 Å². The fraction of sp³-hybridized carbons (Fsp3) is 0.273. The van der Waals surface area contributed by atoms with Crippen LogP contribution in [0.5, 0.6) is 5.75 Å². The Labute approximate surface area is 197 Å². The zero-order valence-corrected chi connectivity index (χ0v) is 19.3. The molecule has 34 heavy (non-hydrogen) atoms. The smallest absolute Gasteiger partial charge is 0.387 e. The Morgan fingerprint density at radius 1 is 1.12 bits per heavy atom. The molecule has 2 amide bonds. The van der Waals surface area contributed by atoms with Crippen LogP contribution in [0, 0.1) is 6.92 Å². The summed E-state index contributed by atoms with van der Waals surface area (Å²) in [6, 6.07) is 5.52. The Hall–Kier alpha value is -3.80. The van der Waals surface area contributed by atoms with Gasteiger partial charge in [-0.25, -0.2) is 9.59 Å². The Morgan fingerprint density at radius 2 is 1.79 bits per heavy atom. The van der Waals surface area contributed by atoms with E-state index in [1.165, 1.54) is 37.4 Å². The molecule has 0 fully saturated rings. The highest BCUT2D eigenvalue weighted by atomic mass is 32.1. The molecule has 0 saturated carbocycles. The molecule has 2 rings (SSSR count). The number of ether oxygens (including phenoxy) is 3. The maximum absolute atomic E-state index is 12.3. The van der Waals surface area contributed by atoms with Crippen molar-refractivity contribution < 1.29 is 42.2 Å². The molecule has 0 atom stereocenters. The molecule has 9 nitrogen and oxygen atoms in total. The SMILES string of the molecule is CCOC(=O)c1c(NC(=O)COC(=O)/C=C/c2ccc(OC(F)F)cc2)sc(C(=O)NC)c1C. The van der Waals surface area contributed by atoms with E-state index in [9.17, 15) is 28.0 Å². The van der Waals surface area contributed by atoms with Crippen LogP contribution in [-0.4, -0.2) is 50.6 Å². The number of carbonyl (C=O) groups excluding carboxylic acids is 4. The summed E-state index contributed by atoms with van der Waals surface area (Å²) in [4.78, 5) is 48.8. The molecule has 0 aliphatic rings. The largest absolute Gasteiger partial charge is 0.462 e. The van der Waals surface area contributed by atoms with Crippen LogP contribution in [0.2, 0.25) is 0 Å². The average Bonchev–Trinajstić information content (AvgIpc) is 3.12. The number of alkyl halides is 2. The standard InChI is InChI=1S/C22H22F2N2O7S/c1-4-31-21(30)17-12(2)18(19(29)25-3)34-20(17)26-15(27)11-32-16(28)10-7-13-5-8-14(9-6-13)33-22(23)24/h5-10,22H,4,11H2,1-3H3,(H,25,29)(H,26,27)/b10-7+. The highest BCUT2D eigenvalue weighted by Crippen LogP contribution is 2.33. The van der Waals surface area contributed by atoms with Crippen molar-refractivity contribution in [3.8, 4) is 5.75 Å². The van der Waals surface area contributed by atoms with Gasteiger partial charge in [0.05, 0.1) is 17.0 Å². The number of hydrogen-bond acceptors (Lipinski definition) is 8. The summed E-state index contributed by atoms with van der Waals surface area (Å²) in [5.41, 5.74) is 0.908. The van der Waals surface area contributed by atoms with Crippen molar-refractivity contribution >= 4 is 46.2 Å². The van der Waals surface area contributed by atoms with E-state index >= 15 is 0 Å². The van der Waals surface area contributed by atoms with Gasteiger partial charge < -0.3 is 24.8 Å². The number of carbonyl (C=O) groups is 4. The van der Waals surface area contributed by atoms with Gasteiger partial charge in [-0.2, -0.15) is 8.78 Å². The third-order valence-electron chi connectivity index (χ3n) is 4.18. The van der Waals surface area contributed by atoms with Gasteiger partial charge in [-0.1, -0.05) is 12.1 Å². The summed E-state index contributed by atoms with van der Waals surface area (Å²) in [5, 5.41) is 5.01. The number of hydrogen-bond donors (Lipinski definition) is 2. The molecule has 12 heteroatoms. The number of thiophene rings is 1. The molecule has 2 N–H and O–H groups in total. The van der Waals surface area contributed by atoms with Crippen molar-refractivity contribution in [1.29, 1.82) is 0 Å². The number of halogens is 2. The zero-order valence-electron chi connectivity index (χ0n) is 18.5. The molecule has 0 bridgehead atoms. The minimum absolute atomic E-state index is 0.0306. The average molecular weight is 496 g/mol. The highest BCUT2D eigenvalue weighted by Gasteiger charge is 2.26. The lowest BCUT2D eigenvalue weighted by Crippen LogP contribution is -2.21. The quantitative estimate of drug-likeness (QED) is 0.382. The van der Waals surface area contributed by atoms with E-state index in [2.05, 4.69) is 15.4 Å². The fourth-order valence-corrected chi connectivity index (χ4v) is 3.81. The Bertz CT molecular complexity index is 1080. The summed E-state index contributed by atoms with van der Waals surface area (Å²) < 4.78 is 38.4. The van der Waals surface area contributed by atoms with Crippen molar-refractivity contribution in [2.75, 3.05) is 25.6 Å². The second-order valence-electron chi connectivity index (χ2n) is 6.50. The van der Waals surface area contributed by atoms with Crippen molar-refractivity contribution in [3.63, 3.8) is 0 Å². The number of esters is 2. The number of anilines is 1. The van der Waals surface area contributed by atoms with Gasteiger partial charge in [0.2, 0.25) is 0 Å². The molecular formula is C22H22F2N2O7S. The van der Waals surface area contributed by atoms with Gasteiger partial charge in [-0.15, -0.1) is 11.3 Å². The van der Waals surface area contributed by atoms with Crippen molar-refractivity contribution in [2.45, 2.75) is 20.5 Å². The first-order valence-electron chi connectivity index (χ1n) is 9.88. The molecule has 0 aliphatic heterocycles. The Morgan fingerprint density at radius 3 is 2.38 bits per heavy atom. The fourth-order valence-electron chi connectivity index (χ4n) is 2.65. The normalized spacial score (nSPS) is 10.8. The van der Waals surface area contributed by atoms with E-state index in [4.69, 9.17) is 9.47 Å². The third kappa shape index (κ3) is 7.37. The molecule has 1 aromatic heterocycles. The van der Waals surface area contributed by atoms with Crippen molar-refractivity contribution in [2.24, 2.45) is 0 Å². The number of rotatable bonds is 10. The van der Waals surface area contributed by atoms with Crippen LogP contribution in [0.1, 0.15) is 38.1 Å². The molecule has 1 heterocycles. The van der Waals surface area contributed by atoms with E-state index in [1.807, 2.05) is 0 Å². The molecular weight excluding hydrogens is 474 g/mol. The van der Waals surface area contributed by atoms with E-state index in [1.54, 1.807) is 13.8 Å². The lowest BCUT2D eigenvalue weighted by Gasteiger charge is -2.07. The first kappa shape index (κ1) is 26.5. The first-order chi connectivity index (χ1) is 16.2. The number of amides is 2. The molecule has 0 aliphatic carbocycles. The highest BCUT2D eigenvalue weighted by molar-refractivity contribution is 7.18. The Kier molecular flexibility index (Phi) is 9.68. The Balaban J connectivity index is 2.00. The van der Waals surface area contributed by atoms with E-state index in [0.29, 0.717) is 11.1 Å². The second-order valence-corrected chi connectivity index (χ2v) is 7.52. The molecule has 182 valence electrons. The van der Waals surface area contributed by atoms with Crippen molar-refractivity contribution in [3.05, 3.63) is 51.9 Å². The van der Waals surface area contributed by atoms with Gasteiger partial charge in [0, 0.05) is 13.1 Å². The van der Waals surface area contributed by atoms with Gasteiger partial charge in [-0.05, 0) is 43.2 Å². The van der Waals surface area contributed by atoms with E-state index < -0.39 is 37.0 Å². The van der Waals surface area contributed by atoms with Crippen LogP contribution in [0.4, 0.5) is 13.8 Å². The van der Waals surface area contributed by atoms with Gasteiger partial charge in [0.15, 0.2) is 6.61 Å². The maximum atomic E-state index is 12.3. The molecule has 0 spiro atoms. The molecule has 0 unspecified atom stereocenters. The summed E-state index contributed by atoms with van der Waals surface area (Å²) in [5.74, 6) is -2.73. The maximum Gasteiger partial charge on any atom is 0.387 e. The minimum atomic E-state index is -2.94. The van der Waals surface area contributed by atoms with Crippen LogP contribution in [-0.2, 0) is 19.1 Å². The minimum Gasteiger partial charge on any atom is -0.462 e. The predicted octanol–water partition coefficient (Wildman–Crippen LogP) is 3.39. The second kappa shape index (κ2) is 12.4. The summed E-state index contributed by atoms with van der Waals surface area (Å²) in [6.07, 6.45) is 2.42. The van der Waals surface area contributed by atoms with Gasteiger partial charge in [0.1, 0.15) is 10.8 Å². The van der Waals surface area contributed by atoms with Gasteiger partial charge >= 0.3 is 18.6 Å². The monoisotopic (exact) mass is 496 g/mol. The molecule has 0 radical (unpaired) electrons. The van der Waals surface area contributed by atoms with Crippen LogP contribution < -0.4 is 15.4 Å². The van der Waals surface area contributed by atoms with Gasteiger partial charge in [-0.3, -0.25) is 9.59 Å². The lowest BCUT2D eigenvalue weighted by molar-refractivity contribution is -0.142. The zero-order chi connectivity index (χ0) is 25.3. The van der Waals surface area contributed by atoms with Crippen LogP contribution in [0.3, 0.4) is 0 Å². The van der Waals surface area contributed by atoms with E-state index in [0.717, 1.165) is 17.4 Å². The number of nitrogens with one attached hydrogen (secondary N) is 2. The first-order valence-corrected chi connectivity index (χ1v) is 10.7. The van der Waals surface area contributed by atoms with Gasteiger partial charge in [0.25, 0.3) is 11.8 Å². The summed E-state index contributed by atoms with van der Waals surface area (Å²) in [7, 11) is 1.43.